The molecule has 0 saturated carbocycles. The number of anilines is 1. The first-order valence-electron chi connectivity index (χ1n) is 5.87. The largest absolute Gasteiger partial charge is 0.457 e. The molecule has 0 aliphatic rings. The number of aryl methyl sites for hydroxylation is 1. The van der Waals surface area contributed by atoms with E-state index >= 15 is 0 Å². The molecule has 0 bridgehead atoms. The molecule has 1 N–H and O–H groups in total. The van der Waals surface area contributed by atoms with E-state index in [-0.39, 0.29) is 0 Å². The molecule has 2 nitrogen and oxygen atoms in total. The molecule has 17 heavy (non-hydrogen) atoms. The molecule has 2 heteroatoms. The fraction of sp³-hybridized carbons (Fsp3) is 0.200. The van der Waals surface area contributed by atoms with Crippen LogP contribution in [0.4, 0.5) is 5.69 Å². The third-order valence-electron chi connectivity index (χ3n) is 2.54. The third kappa shape index (κ3) is 3.00. The van der Waals surface area contributed by atoms with Gasteiger partial charge in [-0.25, -0.2) is 0 Å². The van der Waals surface area contributed by atoms with Crippen LogP contribution in [0.25, 0.3) is 0 Å². The number of nitrogens with one attached hydrogen (secondary N) is 1. The Morgan fingerprint density at radius 2 is 1.76 bits per heavy atom. The predicted octanol–water partition coefficient (Wildman–Crippen LogP) is 4.22. The number of hydrogen-bond acceptors (Lipinski definition) is 2. The van der Waals surface area contributed by atoms with E-state index in [2.05, 4.69) is 25.2 Å². The van der Waals surface area contributed by atoms with Gasteiger partial charge in [-0.15, -0.1) is 0 Å². The summed E-state index contributed by atoms with van der Waals surface area (Å²) in [6.07, 6.45) is 0. The van der Waals surface area contributed by atoms with Crippen molar-refractivity contribution in [1.29, 1.82) is 0 Å². The van der Waals surface area contributed by atoms with Crippen molar-refractivity contribution >= 4 is 5.69 Å². The monoisotopic (exact) mass is 227 g/mol. The van der Waals surface area contributed by atoms with E-state index in [1.165, 1.54) is 5.56 Å². The zero-order valence-corrected chi connectivity index (χ0v) is 10.2. The van der Waals surface area contributed by atoms with Crippen LogP contribution in [0.15, 0.2) is 48.5 Å². The minimum absolute atomic E-state index is 0.864. The Hall–Kier alpha value is -1.96. The molecule has 0 atom stereocenters. The van der Waals surface area contributed by atoms with Crippen LogP contribution in [0.1, 0.15) is 12.5 Å². The SMILES string of the molecule is CCNc1ccc(Oc2ccccc2)cc1C. The summed E-state index contributed by atoms with van der Waals surface area (Å²) >= 11 is 0. The lowest BCUT2D eigenvalue weighted by molar-refractivity contribution is 0.482. The zero-order valence-electron chi connectivity index (χ0n) is 10.2. The van der Waals surface area contributed by atoms with Crippen LogP contribution in [0.3, 0.4) is 0 Å². The summed E-state index contributed by atoms with van der Waals surface area (Å²) in [6, 6.07) is 15.9. The Balaban J connectivity index is 2.15. The molecule has 0 fully saturated rings. The fourth-order valence-corrected chi connectivity index (χ4v) is 1.71. The minimum Gasteiger partial charge on any atom is -0.457 e. The number of para-hydroxylation sites is 1. The maximum absolute atomic E-state index is 5.76. The molecule has 0 aromatic heterocycles. The quantitative estimate of drug-likeness (QED) is 0.844. The highest BCUT2D eigenvalue weighted by Crippen LogP contribution is 2.25. The van der Waals surface area contributed by atoms with E-state index in [9.17, 15) is 0 Å². The standard InChI is InChI=1S/C15H17NO/c1-3-16-15-10-9-14(11-12(15)2)17-13-7-5-4-6-8-13/h4-11,16H,3H2,1-2H3. The van der Waals surface area contributed by atoms with Gasteiger partial charge >= 0.3 is 0 Å². The van der Waals surface area contributed by atoms with E-state index < -0.39 is 0 Å². The molecule has 0 saturated heterocycles. The lowest BCUT2D eigenvalue weighted by atomic mass is 10.2. The molecule has 0 amide bonds. The smallest absolute Gasteiger partial charge is 0.127 e. The minimum atomic E-state index is 0.864. The first-order chi connectivity index (χ1) is 8.29. The van der Waals surface area contributed by atoms with Gasteiger partial charge in [-0.05, 0) is 49.7 Å². The summed E-state index contributed by atoms with van der Waals surface area (Å²) in [6.45, 7) is 5.10. The van der Waals surface area contributed by atoms with Crippen LogP contribution in [-0.2, 0) is 0 Å². The molecule has 2 aromatic carbocycles. The second kappa shape index (κ2) is 5.39. The second-order valence-corrected chi connectivity index (χ2v) is 3.92. The predicted molar refractivity (Wildman–Crippen MR) is 71.9 cm³/mol. The van der Waals surface area contributed by atoms with Gasteiger partial charge in [-0.1, -0.05) is 18.2 Å². The highest BCUT2D eigenvalue weighted by atomic mass is 16.5. The summed E-state index contributed by atoms with van der Waals surface area (Å²) in [5.41, 5.74) is 2.35. The fourth-order valence-electron chi connectivity index (χ4n) is 1.71. The molecule has 0 aliphatic heterocycles. The van der Waals surface area contributed by atoms with Gasteiger partial charge in [0.2, 0.25) is 0 Å². The van der Waals surface area contributed by atoms with Gasteiger partial charge in [0.1, 0.15) is 11.5 Å². The molecular formula is C15H17NO. The number of benzene rings is 2. The number of hydrogen-bond donors (Lipinski definition) is 1. The molecular weight excluding hydrogens is 210 g/mol. The molecule has 0 unspecified atom stereocenters. The summed E-state index contributed by atoms with van der Waals surface area (Å²) in [4.78, 5) is 0. The van der Waals surface area contributed by atoms with Gasteiger partial charge in [-0.2, -0.15) is 0 Å². The Kier molecular flexibility index (Phi) is 3.66. The molecule has 2 rings (SSSR count). The number of rotatable bonds is 4. The normalized spacial score (nSPS) is 10.0. The van der Waals surface area contributed by atoms with Crippen molar-refractivity contribution in [3.63, 3.8) is 0 Å². The van der Waals surface area contributed by atoms with Crippen molar-refractivity contribution in [2.75, 3.05) is 11.9 Å². The molecule has 0 heterocycles. The van der Waals surface area contributed by atoms with Crippen LogP contribution in [0, 0.1) is 6.92 Å². The van der Waals surface area contributed by atoms with Crippen molar-refractivity contribution in [2.45, 2.75) is 13.8 Å². The van der Waals surface area contributed by atoms with Crippen LogP contribution in [0.5, 0.6) is 11.5 Å². The van der Waals surface area contributed by atoms with Gasteiger partial charge in [0.25, 0.3) is 0 Å². The summed E-state index contributed by atoms with van der Waals surface area (Å²) in [5.74, 6) is 1.73. The van der Waals surface area contributed by atoms with Gasteiger partial charge in [0.15, 0.2) is 0 Å². The van der Waals surface area contributed by atoms with Crippen LogP contribution in [-0.4, -0.2) is 6.54 Å². The highest BCUT2D eigenvalue weighted by Gasteiger charge is 2.00. The summed E-state index contributed by atoms with van der Waals surface area (Å²) in [5, 5.41) is 3.31. The van der Waals surface area contributed by atoms with Gasteiger partial charge < -0.3 is 10.1 Å². The van der Waals surface area contributed by atoms with E-state index in [4.69, 9.17) is 4.74 Å². The van der Waals surface area contributed by atoms with Crippen molar-refractivity contribution in [3.05, 3.63) is 54.1 Å². The third-order valence-corrected chi connectivity index (χ3v) is 2.54. The van der Waals surface area contributed by atoms with E-state index in [0.717, 1.165) is 23.7 Å². The highest BCUT2D eigenvalue weighted by molar-refractivity contribution is 5.54. The van der Waals surface area contributed by atoms with Gasteiger partial charge in [0, 0.05) is 12.2 Å². The lowest BCUT2D eigenvalue weighted by Crippen LogP contribution is -1.98. The number of ether oxygens (including phenoxy) is 1. The molecule has 88 valence electrons. The maximum atomic E-state index is 5.76. The second-order valence-electron chi connectivity index (χ2n) is 3.92. The molecule has 0 radical (unpaired) electrons. The topological polar surface area (TPSA) is 21.3 Å². The van der Waals surface area contributed by atoms with E-state index in [1.54, 1.807) is 0 Å². The van der Waals surface area contributed by atoms with Gasteiger partial charge in [-0.3, -0.25) is 0 Å². The van der Waals surface area contributed by atoms with Gasteiger partial charge in [0.05, 0.1) is 0 Å². The Morgan fingerprint density at radius 3 is 2.41 bits per heavy atom. The van der Waals surface area contributed by atoms with Crippen molar-refractivity contribution in [3.8, 4) is 11.5 Å². The van der Waals surface area contributed by atoms with Crippen LogP contribution < -0.4 is 10.1 Å². The Bertz CT molecular complexity index is 480. The average Bonchev–Trinajstić information content (AvgIpc) is 2.34. The van der Waals surface area contributed by atoms with E-state index in [0.29, 0.717) is 0 Å². The van der Waals surface area contributed by atoms with Crippen molar-refractivity contribution < 1.29 is 4.74 Å². The van der Waals surface area contributed by atoms with Crippen LogP contribution >= 0.6 is 0 Å². The van der Waals surface area contributed by atoms with Crippen molar-refractivity contribution in [2.24, 2.45) is 0 Å². The zero-order chi connectivity index (χ0) is 12.1. The Morgan fingerprint density at radius 1 is 1.00 bits per heavy atom. The van der Waals surface area contributed by atoms with Crippen molar-refractivity contribution in [1.82, 2.24) is 0 Å². The first-order valence-corrected chi connectivity index (χ1v) is 5.87. The Labute approximate surface area is 102 Å². The first kappa shape index (κ1) is 11.5. The van der Waals surface area contributed by atoms with Crippen LogP contribution in [0.2, 0.25) is 0 Å². The average molecular weight is 227 g/mol. The maximum Gasteiger partial charge on any atom is 0.127 e. The molecule has 0 spiro atoms. The summed E-state index contributed by atoms with van der Waals surface area (Å²) < 4.78 is 5.76. The molecule has 0 aliphatic carbocycles. The van der Waals surface area contributed by atoms with E-state index in [1.807, 2.05) is 42.5 Å². The lowest BCUT2D eigenvalue weighted by Gasteiger charge is -2.10. The summed E-state index contributed by atoms with van der Waals surface area (Å²) in [7, 11) is 0. The molecule has 2 aromatic rings.